The van der Waals surface area contributed by atoms with Gasteiger partial charge in [0.15, 0.2) is 0 Å². The van der Waals surface area contributed by atoms with Gasteiger partial charge in [0.05, 0.1) is 0 Å². The smallest absolute Gasteiger partial charge is 0.269 e. The highest BCUT2D eigenvalue weighted by Gasteiger charge is 2.08. The number of anilines is 1. The first-order chi connectivity index (χ1) is 10.2. The summed E-state index contributed by atoms with van der Waals surface area (Å²) in [4.78, 5) is 16.0. The van der Waals surface area contributed by atoms with E-state index in [-0.39, 0.29) is 11.7 Å². The molecule has 1 aromatic heterocycles. The zero-order chi connectivity index (χ0) is 15.1. The third-order valence-corrected chi connectivity index (χ3v) is 3.01. The molecule has 0 aliphatic heterocycles. The minimum absolute atomic E-state index is 0.251. The third kappa shape index (κ3) is 4.27. The van der Waals surface area contributed by atoms with Gasteiger partial charge in [0.25, 0.3) is 5.91 Å². The van der Waals surface area contributed by atoms with Crippen LogP contribution < -0.4 is 10.6 Å². The Morgan fingerprint density at radius 2 is 2.10 bits per heavy atom. The number of rotatable bonds is 6. The number of hydrogen-bond donors (Lipinski definition) is 2. The number of nitrogens with zero attached hydrogens (tertiary/aromatic N) is 1. The van der Waals surface area contributed by atoms with Crippen LogP contribution in [0, 0.1) is 5.82 Å². The van der Waals surface area contributed by atoms with Gasteiger partial charge in [-0.2, -0.15) is 0 Å². The molecule has 1 aromatic carbocycles. The van der Waals surface area contributed by atoms with E-state index >= 15 is 0 Å². The number of benzene rings is 1. The Labute approximate surface area is 123 Å². The van der Waals surface area contributed by atoms with Crippen LogP contribution in [0.3, 0.4) is 0 Å². The average Bonchev–Trinajstić information content (AvgIpc) is 2.50. The quantitative estimate of drug-likeness (QED) is 0.858. The maximum atomic E-state index is 13.4. The molecular weight excluding hydrogens is 269 g/mol. The van der Waals surface area contributed by atoms with Crippen molar-refractivity contribution in [3.05, 3.63) is 59.7 Å². The van der Waals surface area contributed by atoms with E-state index in [0.717, 1.165) is 12.2 Å². The molecule has 0 saturated heterocycles. The van der Waals surface area contributed by atoms with E-state index in [1.165, 1.54) is 6.07 Å². The van der Waals surface area contributed by atoms with Crippen LogP contribution in [-0.4, -0.2) is 24.0 Å². The summed E-state index contributed by atoms with van der Waals surface area (Å²) >= 11 is 0. The molecule has 0 fully saturated rings. The number of halogens is 1. The van der Waals surface area contributed by atoms with Crippen molar-refractivity contribution in [1.29, 1.82) is 0 Å². The Morgan fingerprint density at radius 3 is 2.86 bits per heavy atom. The number of nitrogens with one attached hydrogen (secondary N) is 2. The summed E-state index contributed by atoms with van der Waals surface area (Å²) in [6, 6.07) is 10.1. The SMILES string of the molecule is CCNc1ccnc(C(=O)NCCc2ccccc2F)c1. The normalized spacial score (nSPS) is 10.2. The molecule has 0 spiro atoms. The van der Waals surface area contributed by atoms with Gasteiger partial charge in [0.2, 0.25) is 0 Å². The third-order valence-electron chi connectivity index (χ3n) is 3.01. The van der Waals surface area contributed by atoms with Crippen molar-refractivity contribution in [3.63, 3.8) is 0 Å². The number of amides is 1. The van der Waals surface area contributed by atoms with Crippen LogP contribution in [0.25, 0.3) is 0 Å². The van der Waals surface area contributed by atoms with Crippen LogP contribution in [0.5, 0.6) is 0 Å². The fourth-order valence-electron chi connectivity index (χ4n) is 1.97. The van der Waals surface area contributed by atoms with Crippen molar-refractivity contribution < 1.29 is 9.18 Å². The second kappa shape index (κ2) is 7.38. The van der Waals surface area contributed by atoms with Crippen molar-refractivity contribution in [2.24, 2.45) is 0 Å². The molecule has 0 unspecified atom stereocenters. The Balaban J connectivity index is 1.90. The van der Waals surface area contributed by atoms with Gasteiger partial charge >= 0.3 is 0 Å². The Bertz CT molecular complexity index is 616. The van der Waals surface area contributed by atoms with Crippen LogP contribution in [0.2, 0.25) is 0 Å². The summed E-state index contributed by atoms with van der Waals surface area (Å²) < 4.78 is 13.4. The molecule has 0 aliphatic rings. The average molecular weight is 287 g/mol. The van der Waals surface area contributed by atoms with E-state index in [9.17, 15) is 9.18 Å². The van der Waals surface area contributed by atoms with E-state index in [1.807, 2.05) is 6.92 Å². The van der Waals surface area contributed by atoms with Gasteiger partial charge in [-0.05, 0) is 37.1 Å². The van der Waals surface area contributed by atoms with Crippen LogP contribution in [0.4, 0.5) is 10.1 Å². The van der Waals surface area contributed by atoms with E-state index < -0.39 is 0 Å². The molecule has 5 heteroatoms. The lowest BCUT2D eigenvalue weighted by molar-refractivity contribution is 0.0949. The van der Waals surface area contributed by atoms with E-state index in [0.29, 0.717) is 24.2 Å². The standard InChI is InChI=1S/C16H18FN3O/c1-2-18-13-8-10-19-15(11-13)16(21)20-9-7-12-5-3-4-6-14(12)17/h3-6,8,10-11H,2,7,9H2,1H3,(H,18,19)(H,20,21). The molecule has 2 rings (SSSR count). The first-order valence-corrected chi connectivity index (χ1v) is 6.92. The maximum Gasteiger partial charge on any atom is 0.269 e. The Kier molecular flexibility index (Phi) is 5.26. The Morgan fingerprint density at radius 1 is 1.29 bits per heavy atom. The summed E-state index contributed by atoms with van der Waals surface area (Å²) in [7, 11) is 0. The minimum Gasteiger partial charge on any atom is -0.385 e. The summed E-state index contributed by atoms with van der Waals surface area (Å²) in [6.45, 7) is 3.12. The second-order valence-corrected chi connectivity index (χ2v) is 4.56. The second-order valence-electron chi connectivity index (χ2n) is 4.56. The van der Waals surface area contributed by atoms with Crippen molar-refractivity contribution >= 4 is 11.6 Å². The van der Waals surface area contributed by atoms with Gasteiger partial charge in [-0.15, -0.1) is 0 Å². The van der Waals surface area contributed by atoms with Crippen LogP contribution in [-0.2, 0) is 6.42 Å². The topological polar surface area (TPSA) is 54.0 Å². The van der Waals surface area contributed by atoms with Crippen molar-refractivity contribution in [1.82, 2.24) is 10.3 Å². The molecule has 0 aliphatic carbocycles. The molecule has 2 N–H and O–H groups in total. The highest BCUT2D eigenvalue weighted by atomic mass is 19.1. The molecule has 110 valence electrons. The molecule has 0 saturated carbocycles. The highest BCUT2D eigenvalue weighted by molar-refractivity contribution is 5.93. The molecule has 0 atom stereocenters. The number of aromatic nitrogens is 1. The summed E-state index contributed by atoms with van der Waals surface area (Å²) in [6.07, 6.45) is 2.04. The highest BCUT2D eigenvalue weighted by Crippen LogP contribution is 2.08. The van der Waals surface area contributed by atoms with Crippen molar-refractivity contribution in [2.45, 2.75) is 13.3 Å². The lowest BCUT2D eigenvalue weighted by Gasteiger charge is -2.07. The van der Waals surface area contributed by atoms with Crippen LogP contribution in [0.15, 0.2) is 42.6 Å². The molecule has 1 heterocycles. The lowest BCUT2D eigenvalue weighted by Crippen LogP contribution is -2.26. The number of pyridine rings is 1. The van der Waals surface area contributed by atoms with Gasteiger partial charge in [-0.3, -0.25) is 9.78 Å². The molecule has 4 nitrogen and oxygen atoms in total. The minimum atomic E-state index is -0.258. The maximum absolute atomic E-state index is 13.4. The van der Waals surface area contributed by atoms with E-state index in [4.69, 9.17) is 0 Å². The molecule has 0 bridgehead atoms. The number of hydrogen-bond acceptors (Lipinski definition) is 3. The van der Waals surface area contributed by atoms with Crippen molar-refractivity contribution in [2.75, 3.05) is 18.4 Å². The van der Waals surface area contributed by atoms with Crippen molar-refractivity contribution in [3.8, 4) is 0 Å². The fourth-order valence-corrected chi connectivity index (χ4v) is 1.97. The molecule has 1 amide bonds. The van der Waals surface area contributed by atoms with Gasteiger partial charge in [-0.25, -0.2) is 4.39 Å². The lowest BCUT2D eigenvalue weighted by atomic mass is 10.1. The molecule has 0 radical (unpaired) electrons. The largest absolute Gasteiger partial charge is 0.385 e. The molecule has 21 heavy (non-hydrogen) atoms. The zero-order valence-corrected chi connectivity index (χ0v) is 11.9. The monoisotopic (exact) mass is 287 g/mol. The van der Waals surface area contributed by atoms with Gasteiger partial charge in [0.1, 0.15) is 11.5 Å². The van der Waals surface area contributed by atoms with Gasteiger partial charge in [0, 0.05) is 25.0 Å². The predicted molar refractivity (Wildman–Crippen MR) is 80.8 cm³/mol. The first kappa shape index (κ1) is 15.0. The number of carbonyl (C=O) groups is 1. The van der Waals surface area contributed by atoms with Gasteiger partial charge in [-0.1, -0.05) is 18.2 Å². The Hall–Kier alpha value is -2.43. The van der Waals surface area contributed by atoms with Crippen LogP contribution >= 0.6 is 0 Å². The van der Waals surface area contributed by atoms with E-state index in [2.05, 4.69) is 15.6 Å². The summed E-state index contributed by atoms with van der Waals surface area (Å²) in [5.41, 5.74) is 1.79. The first-order valence-electron chi connectivity index (χ1n) is 6.92. The zero-order valence-electron chi connectivity index (χ0n) is 11.9. The van der Waals surface area contributed by atoms with E-state index in [1.54, 1.807) is 36.5 Å². The summed E-state index contributed by atoms with van der Waals surface area (Å²) in [5.74, 6) is -0.509. The number of carbonyl (C=O) groups excluding carboxylic acids is 1. The fraction of sp³-hybridized carbons (Fsp3) is 0.250. The van der Waals surface area contributed by atoms with Gasteiger partial charge < -0.3 is 10.6 Å². The summed E-state index contributed by atoms with van der Waals surface area (Å²) in [5, 5.41) is 5.87. The van der Waals surface area contributed by atoms with Crippen LogP contribution in [0.1, 0.15) is 23.0 Å². The predicted octanol–water partition coefficient (Wildman–Crippen LogP) is 2.63. The molecule has 2 aromatic rings. The molecular formula is C16H18FN3O.